The number of rotatable bonds is 6. The summed E-state index contributed by atoms with van der Waals surface area (Å²) in [4.78, 5) is 14.4. The molecule has 102 valence electrons. The first-order valence-corrected chi connectivity index (χ1v) is 6.99. The number of aromatic nitrogens is 2. The van der Waals surface area contributed by atoms with E-state index in [1.54, 1.807) is 9.58 Å². The van der Waals surface area contributed by atoms with Crippen molar-refractivity contribution in [3.05, 3.63) is 17.5 Å². The molecule has 1 aliphatic rings. The van der Waals surface area contributed by atoms with Crippen molar-refractivity contribution < 1.29 is 4.79 Å². The molecular formula is C15H21N3O. The van der Waals surface area contributed by atoms with Crippen molar-refractivity contribution in [2.24, 2.45) is 5.92 Å². The highest BCUT2D eigenvalue weighted by Gasteiger charge is 2.28. The van der Waals surface area contributed by atoms with Crippen LogP contribution in [0.25, 0.3) is 0 Å². The summed E-state index contributed by atoms with van der Waals surface area (Å²) in [7, 11) is 0. The van der Waals surface area contributed by atoms with Gasteiger partial charge in [-0.2, -0.15) is 5.10 Å². The molecule has 0 saturated heterocycles. The molecule has 4 nitrogen and oxygen atoms in total. The number of hydrogen-bond donors (Lipinski definition) is 0. The summed E-state index contributed by atoms with van der Waals surface area (Å²) in [6.07, 6.45) is 8.64. The van der Waals surface area contributed by atoms with Crippen LogP contribution in [0, 0.1) is 18.3 Å². The number of hydrogen-bond acceptors (Lipinski definition) is 2. The Hall–Kier alpha value is -1.76. The van der Waals surface area contributed by atoms with Crippen LogP contribution in [-0.2, 0) is 13.0 Å². The zero-order valence-electron chi connectivity index (χ0n) is 11.7. The van der Waals surface area contributed by atoms with Crippen LogP contribution in [0.3, 0.4) is 0 Å². The van der Waals surface area contributed by atoms with E-state index in [2.05, 4.69) is 11.0 Å². The topological polar surface area (TPSA) is 38.1 Å². The van der Waals surface area contributed by atoms with Gasteiger partial charge in [0.1, 0.15) is 5.69 Å². The molecule has 0 aromatic carbocycles. The molecule has 0 bridgehead atoms. The standard InChI is InChI=1S/C15H21N3O/c1-4-9-17(11-12-7-8-12)15(19)14-10-13(5-2)16-18(14)6-3/h1,10,12H,5-9,11H2,2-3H3. The smallest absolute Gasteiger partial charge is 0.272 e. The van der Waals surface area contributed by atoms with Crippen LogP contribution in [0.15, 0.2) is 6.07 Å². The van der Waals surface area contributed by atoms with Gasteiger partial charge in [-0.1, -0.05) is 12.8 Å². The van der Waals surface area contributed by atoms with Crippen LogP contribution in [0.4, 0.5) is 0 Å². The number of aryl methyl sites for hydroxylation is 2. The summed E-state index contributed by atoms with van der Waals surface area (Å²) in [5.41, 5.74) is 1.62. The summed E-state index contributed by atoms with van der Waals surface area (Å²) in [6.45, 7) is 5.90. The molecule has 1 aliphatic carbocycles. The van der Waals surface area contributed by atoms with E-state index in [4.69, 9.17) is 6.42 Å². The van der Waals surface area contributed by atoms with Crippen LogP contribution in [0.2, 0.25) is 0 Å². The second-order valence-corrected chi connectivity index (χ2v) is 5.02. The van der Waals surface area contributed by atoms with Gasteiger partial charge in [-0.05, 0) is 38.2 Å². The van der Waals surface area contributed by atoms with Gasteiger partial charge >= 0.3 is 0 Å². The molecule has 4 heteroatoms. The Morgan fingerprint density at radius 1 is 1.58 bits per heavy atom. The Morgan fingerprint density at radius 3 is 2.84 bits per heavy atom. The third-order valence-electron chi connectivity index (χ3n) is 3.46. The molecule has 1 aromatic heterocycles. The fourth-order valence-corrected chi connectivity index (χ4v) is 2.16. The van der Waals surface area contributed by atoms with Gasteiger partial charge < -0.3 is 4.90 Å². The van der Waals surface area contributed by atoms with Crippen LogP contribution >= 0.6 is 0 Å². The molecule has 1 fully saturated rings. The first-order chi connectivity index (χ1) is 9.19. The summed E-state index contributed by atoms with van der Waals surface area (Å²) in [5.74, 6) is 3.24. The molecule has 0 radical (unpaired) electrons. The Kier molecular flexibility index (Phi) is 4.26. The highest BCUT2D eigenvalue weighted by atomic mass is 16.2. The Bertz CT molecular complexity index is 494. The summed E-state index contributed by atoms with van der Waals surface area (Å²) in [5, 5.41) is 4.42. The molecule has 0 aliphatic heterocycles. The van der Waals surface area contributed by atoms with E-state index >= 15 is 0 Å². The minimum absolute atomic E-state index is 0.0129. The maximum absolute atomic E-state index is 12.6. The molecule has 1 aromatic rings. The van der Waals surface area contributed by atoms with Gasteiger partial charge in [0, 0.05) is 13.1 Å². The average molecular weight is 259 g/mol. The zero-order valence-corrected chi connectivity index (χ0v) is 11.7. The number of nitrogens with zero attached hydrogens (tertiary/aromatic N) is 3. The van der Waals surface area contributed by atoms with Crippen molar-refractivity contribution in [3.63, 3.8) is 0 Å². The minimum Gasteiger partial charge on any atom is -0.326 e. The molecule has 2 rings (SSSR count). The Balaban J connectivity index is 2.19. The normalized spacial score (nSPS) is 14.2. The lowest BCUT2D eigenvalue weighted by molar-refractivity contribution is 0.0757. The van der Waals surface area contributed by atoms with E-state index in [-0.39, 0.29) is 5.91 Å². The van der Waals surface area contributed by atoms with Crippen molar-refractivity contribution in [2.45, 2.75) is 39.7 Å². The molecule has 0 unspecified atom stereocenters. The van der Waals surface area contributed by atoms with Gasteiger partial charge in [0.15, 0.2) is 0 Å². The van der Waals surface area contributed by atoms with Gasteiger partial charge in [0.25, 0.3) is 5.91 Å². The fraction of sp³-hybridized carbons (Fsp3) is 0.600. The van der Waals surface area contributed by atoms with Crippen molar-refractivity contribution in [1.82, 2.24) is 14.7 Å². The lowest BCUT2D eigenvalue weighted by Crippen LogP contribution is -2.34. The molecule has 1 amide bonds. The molecule has 0 N–H and O–H groups in total. The number of carbonyl (C=O) groups is 1. The number of carbonyl (C=O) groups excluding carboxylic acids is 1. The summed E-state index contributed by atoms with van der Waals surface area (Å²) >= 11 is 0. The van der Waals surface area contributed by atoms with E-state index in [0.717, 1.165) is 18.7 Å². The van der Waals surface area contributed by atoms with E-state index in [9.17, 15) is 4.79 Å². The van der Waals surface area contributed by atoms with E-state index in [1.807, 2.05) is 19.9 Å². The van der Waals surface area contributed by atoms with Crippen LogP contribution < -0.4 is 0 Å². The van der Waals surface area contributed by atoms with Gasteiger partial charge in [0.05, 0.1) is 12.2 Å². The molecule has 1 heterocycles. The molecule has 19 heavy (non-hydrogen) atoms. The van der Waals surface area contributed by atoms with E-state index in [1.165, 1.54) is 12.8 Å². The molecule has 0 atom stereocenters. The van der Waals surface area contributed by atoms with Gasteiger partial charge in [-0.15, -0.1) is 6.42 Å². The van der Waals surface area contributed by atoms with Gasteiger partial charge in [-0.25, -0.2) is 0 Å². The average Bonchev–Trinajstić information content (AvgIpc) is 3.13. The predicted octanol–water partition coefficient (Wildman–Crippen LogP) is 1.95. The Morgan fingerprint density at radius 2 is 2.32 bits per heavy atom. The molecule has 0 spiro atoms. The van der Waals surface area contributed by atoms with E-state index in [0.29, 0.717) is 24.7 Å². The largest absolute Gasteiger partial charge is 0.326 e. The SMILES string of the molecule is C#CCN(CC1CC1)C(=O)c1cc(CC)nn1CC. The minimum atomic E-state index is 0.0129. The quantitative estimate of drug-likeness (QED) is 0.732. The number of amides is 1. The first kappa shape index (κ1) is 13.7. The van der Waals surface area contributed by atoms with Gasteiger partial charge in [-0.3, -0.25) is 9.48 Å². The molecule has 1 saturated carbocycles. The van der Waals surface area contributed by atoms with Crippen molar-refractivity contribution in [2.75, 3.05) is 13.1 Å². The first-order valence-electron chi connectivity index (χ1n) is 6.99. The van der Waals surface area contributed by atoms with Crippen molar-refractivity contribution >= 4 is 5.91 Å². The third kappa shape index (κ3) is 3.17. The van der Waals surface area contributed by atoms with E-state index < -0.39 is 0 Å². The predicted molar refractivity (Wildman–Crippen MR) is 74.7 cm³/mol. The third-order valence-corrected chi connectivity index (χ3v) is 3.46. The lowest BCUT2D eigenvalue weighted by Gasteiger charge is -2.20. The Labute approximate surface area is 114 Å². The maximum atomic E-state index is 12.6. The molecular weight excluding hydrogens is 238 g/mol. The van der Waals surface area contributed by atoms with Gasteiger partial charge in [0.2, 0.25) is 0 Å². The monoisotopic (exact) mass is 259 g/mol. The zero-order chi connectivity index (χ0) is 13.8. The second-order valence-electron chi connectivity index (χ2n) is 5.02. The highest BCUT2D eigenvalue weighted by molar-refractivity contribution is 5.93. The van der Waals surface area contributed by atoms with Crippen molar-refractivity contribution in [3.8, 4) is 12.3 Å². The summed E-state index contributed by atoms with van der Waals surface area (Å²) < 4.78 is 1.78. The van der Waals surface area contributed by atoms with Crippen LogP contribution in [0.1, 0.15) is 42.9 Å². The van der Waals surface area contributed by atoms with Crippen LogP contribution in [-0.4, -0.2) is 33.7 Å². The van der Waals surface area contributed by atoms with Crippen molar-refractivity contribution in [1.29, 1.82) is 0 Å². The highest BCUT2D eigenvalue weighted by Crippen LogP contribution is 2.30. The second kappa shape index (κ2) is 5.92. The fourth-order valence-electron chi connectivity index (χ4n) is 2.16. The number of terminal acetylenes is 1. The maximum Gasteiger partial charge on any atom is 0.272 e. The summed E-state index contributed by atoms with van der Waals surface area (Å²) in [6, 6.07) is 1.89. The lowest BCUT2D eigenvalue weighted by atomic mass is 10.2. The van der Waals surface area contributed by atoms with Crippen LogP contribution in [0.5, 0.6) is 0 Å².